The summed E-state index contributed by atoms with van der Waals surface area (Å²) in [5.74, 6) is -1.97. The van der Waals surface area contributed by atoms with Crippen LogP contribution in [0.5, 0.6) is 0 Å². The summed E-state index contributed by atoms with van der Waals surface area (Å²) in [6.45, 7) is 0. The van der Waals surface area contributed by atoms with Crippen LogP contribution in [0.3, 0.4) is 0 Å². The number of ketones is 1. The molecule has 4 aromatic rings. The Labute approximate surface area is 160 Å². The number of fused-ring (bicyclic) bond motifs is 1. The average Bonchev–Trinajstić information content (AvgIpc) is 3.16. The number of carbonyl (C=O) groups excluding carboxylic acids is 2. The van der Waals surface area contributed by atoms with Crippen LogP contribution in [0.2, 0.25) is 0 Å². The van der Waals surface area contributed by atoms with E-state index in [0.717, 1.165) is 10.9 Å². The molecular weight excluding hydrogens is 357 g/mol. The summed E-state index contributed by atoms with van der Waals surface area (Å²) in [7, 11) is 0. The van der Waals surface area contributed by atoms with Gasteiger partial charge in [0.15, 0.2) is 6.10 Å². The molecule has 28 heavy (non-hydrogen) atoms. The molecule has 5 heteroatoms. The van der Waals surface area contributed by atoms with Gasteiger partial charge in [-0.2, -0.15) is 0 Å². The fourth-order valence-electron chi connectivity index (χ4n) is 3.11. The van der Waals surface area contributed by atoms with Crippen molar-refractivity contribution in [2.45, 2.75) is 6.10 Å². The van der Waals surface area contributed by atoms with Gasteiger partial charge in [0, 0.05) is 28.2 Å². The quantitative estimate of drug-likeness (QED) is 0.392. The molecule has 0 aliphatic heterocycles. The number of aromatic amines is 1. The molecular formula is C23H16FNO3. The predicted molar refractivity (Wildman–Crippen MR) is 104 cm³/mol. The maximum Gasteiger partial charge on any atom is 0.342 e. The number of nitrogens with one attached hydrogen (secondary N) is 1. The minimum absolute atomic E-state index is 0.213. The molecule has 0 fully saturated rings. The van der Waals surface area contributed by atoms with E-state index in [-0.39, 0.29) is 11.3 Å². The summed E-state index contributed by atoms with van der Waals surface area (Å²) in [5, 5.41) is 0.732. The smallest absolute Gasteiger partial charge is 0.342 e. The molecule has 0 aliphatic rings. The van der Waals surface area contributed by atoms with E-state index in [4.69, 9.17) is 4.74 Å². The van der Waals surface area contributed by atoms with Crippen LogP contribution in [-0.2, 0) is 4.74 Å². The number of halogens is 1. The number of aromatic nitrogens is 1. The topological polar surface area (TPSA) is 59.2 Å². The van der Waals surface area contributed by atoms with E-state index < -0.39 is 17.9 Å². The highest BCUT2D eigenvalue weighted by atomic mass is 19.1. The Morgan fingerprint density at radius 3 is 2.29 bits per heavy atom. The van der Waals surface area contributed by atoms with Gasteiger partial charge in [-0.1, -0.05) is 60.7 Å². The first-order valence-corrected chi connectivity index (χ1v) is 8.76. The SMILES string of the molecule is O=C(OC(C(=O)c1c[nH]c2ccccc12)c1ccccc1)c1ccccc1F. The van der Waals surface area contributed by atoms with Crippen molar-refractivity contribution in [3.05, 3.63) is 108 Å². The number of esters is 1. The number of rotatable bonds is 5. The lowest BCUT2D eigenvalue weighted by atomic mass is 9.99. The standard InChI is InChI=1S/C23H16FNO3/c24-19-12-6-4-11-17(19)23(27)28-22(15-8-2-1-3-9-15)21(26)18-14-25-20-13-7-5-10-16(18)20/h1-14,22,25H. The Morgan fingerprint density at radius 1 is 0.821 bits per heavy atom. The van der Waals surface area contributed by atoms with Gasteiger partial charge in [-0.05, 0) is 18.2 Å². The molecule has 1 aromatic heterocycles. The third-order valence-electron chi connectivity index (χ3n) is 4.51. The highest BCUT2D eigenvalue weighted by Crippen LogP contribution is 2.28. The molecule has 0 bridgehead atoms. The number of ether oxygens (including phenoxy) is 1. The second-order valence-corrected chi connectivity index (χ2v) is 6.29. The van der Waals surface area contributed by atoms with Gasteiger partial charge in [-0.15, -0.1) is 0 Å². The number of benzene rings is 3. The lowest BCUT2D eigenvalue weighted by molar-refractivity contribution is 0.0276. The van der Waals surface area contributed by atoms with Gasteiger partial charge in [-0.25, -0.2) is 9.18 Å². The summed E-state index contributed by atoms with van der Waals surface area (Å²) in [4.78, 5) is 28.9. The van der Waals surface area contributed by atoms with E-state index in [9.17, 15) is 14.0 Å². The minimum atomic E-state index is -1.19. The number of Topliss-reactive ketones (excluding diaryl/α,β-unsaturated/α-hetero) is 1. The van der Waals surface area contributed by atoms with Crippen molar-refractivity contribution >= 4 is 22.7 Å². The Balaban J connectivity index is 1.73. The largest absolute Gasteiger partial charge is 0.445 e. The van der Waals surface area contributed by atoms with Gasteiger partial charge >= 0.3 is 5.97 Å². The van der Waals surface area contributed by atoms with Gasteiger partial charge in [0.25, 0.3) is 0 Å². The van der Waals surface area contributed by atoms with Crippen LogP contribution in [-0.4, -0.2) is 16.7 Å². The lowest BCUT2D eigenvalue weighted by Gasteiger charge is -2.17. The molecule has 0 amide bonds. The first-order chi connectivity index (χ1) is 13.6. The zero-order valence-corrected chi connectivity index (χ0v) is 14.8. The van der Waals surface area contributed by atoms with Gasteiger partial charge in [-0.3, -0.25) is 4.79 Å². The Morgan fingerprint density at radius 2 is 1.50 bits per heavy atom. The van der Waals surface area contributed by atoms with Crippen LogP contribution in [0.1, 0.15) is 32.4 Å². The van der Waals surface area contributed by atoms with Crippen LogP contribution >= 0.6 is 0 Å². The number of hydrogen-bond acceptors (Lipinski definition) is 3. The van der Waals surface area contributed by atoms with E-state index in [1.165, 1.54) is 18.2 Å². The van der Waals surface area contributed by atoms with Gasteiger partial charge < -0.3 is 9.72 Å². The molecule has 3 aromatic carbocycles. The van der Waals surface area contributed by atoms with Crippen molar-refractivity contribution < 1.29 is 18.7 Å². The zero-order chi connectivity index (χ0) is 19.5. The van der Waals surface area contributed by atoms with Crippen LogP contribution < -0.4 is 0 Å². The van der Waals surface area contributed by atoms with E-state index in [0.29, 0.717) is 11.1 Å². The first-order valence-electron chi connectivity index (χ1n) is 8.76. The summed E-state index contributed by atoms with van der Waals surface area (Å²) in [5.41, 5.74) is 1.52. The molecule has 1 N–H and O–H groups in total. The summed E-state index contributed by atoms with van der Waals surface area (Å²) < 4.78 is 19.5. The van der Waals surface area contributed by atoms with Crippen molar-refractivity contribution in [1.82, 2.24) is 4.98 Å². The van der Waals surface area contributed by atoms with Gasteiger partial charge in [0.2, 0.25) is 5.78 Å². The fourth-order valence-corrected chi connectivity index (χ4v) is 3.11. The van der Waals surface area contributed by atoms with Crippen LogP contribution in [0, 0.1) is 5.82 Å². The molecule has 0 radical (unpaired) electrons. The Bertz CT molecular complexity index is 1150. The summed E-state index contributed by atoms with van der Waals surface area (Å²) in [6, 6.07) is 21.6. The summed E-state index contributed by atoms with van der Waals surface area (Å²) in [6.07, 6.45) is 0.410. The van der Waals surface area contributed by atoms with Crippen molar-refractivity contribution in [2.75, 3.05) is 0 Å². The zero-order valence-electron chi connectivity index (χ0n) is 14.8. The molecule has 0 spiro atoms. The van der Waals surface area contributed by atoms with Gasteiger partial charge in [0.1, 0.15) is 5.82 Å². The molecule has 1 atom stereocenters. The maximum absolute atomic E-state index is 14.0. The third kappa shape index (κ3) is 3.30. The highest BCUT2D eigenvalue weighted by Gasteiger charge is 2.29. The number of carbonyl (C=O) groups is 2. The summed E-state index contributed by atoms with van der Waals surface area (Å²) >= 11 is 0. The Hall–Kier alpha value is -3.73. The number of hydrogen-bond donors (Lipinski definition) is 1. The number of H-pyrrole nitrogens is 1. The minimum Gasteiger partial charge on any atom is -0.445 e. The predicted octanol–water partition coefficient (Wildman–Crippen LogP) is 5.09. The van der Waals surface area contributed by atoms with E-state index in [1.54, 1.807) is 42.6 Å². The van der Waals surface area contributed by atoms with Gasteiger partial charge in [0.05, 0.1) is 5.56 Å². The highest BCUT2D eigenvalue weighted by molar-refractivity contribution is 6.11. The fraction of sp³-hybridized carbons (Fsp3) is 0.0435. The van der Waals surface area contributed by atoms with Crippen molar-refractivity contribution in [2.24, 2.45) is 0 Å². The molecule has 0 saturated carbocycles. The molecule has 4 nitrogen and oxygen atoms in total. The van der Waals surface area contributed by atoms with Crippen LogP contribution in [0.15, 0.2) is 85.1 Å². The second kappa shape index (κ2) is 7.48. The third-order valence-corrected chi connectivity index (χ3v) is 4.51. The lowest BCUT2D eigenvalue weighted by Crippen LogP contribution is -2.20. The number of para-hydroxylation sites is 1. The van der Waals surface area contributed by atoms with Crippen molar-refractivity contribution in [3.8, 4) is 0 Å². The van der Waals surface area contributed by atoms with Crippen LogP contribution in [0.4, 0.5) is 4.39 Å². The van der Waals surface area contributed by atoms with Crippen LogP contribution in [0.25, 0.3) is 10.9 Å². The second-order valence-electron chi connectivity index (χ2n) is 6.29. The molecule has 1 unspecified atom stereocenters. The molecule has 0 saturated heterocycles. The van der Waals surface area contributed by atoms with Crippen molar-refractivity contribution in [3.63, 3.8) is 0 Å². The molecule has 1 heterocycles. The van der Waals surface area contributed by atoms with E-state index in [2.05, 4.69) is 4.98 Å². The molecule has 0 aliphatic carbocycles. The normalized spacial score (nSPS) is 11.9. The monoisotopic (exact) mass is 373 g/mol. The van der Waals surface area contributed by atoms with Crippen molar-refractivity contribution in [1.29, 1.82) is 0 Å². The average molecular weight is 373 g/mol. The molecule has 4 rings (SSSR count). The first kappa shape index (κ1) is 17.7. The maximum atomic E-state index is 14.0. The molecule has 138 valence electrons. The van der Waals surface area contributed by atoms with E-state index >= 15 is 0 Å². The van der Waals surface area contributed by atoms with E-state index in [1.807, 2.05) is 24.3 Å². The Kier molecular flexibility index (Phi) is 4.72.